The molecule has 0 aromatic carbocycles. The Morgan fingerprint density at radius 2 is 1.23 bits per heavy atom. The summed E-state index contributed by atoms with van der Waals surface area (Å²) in [4.78, 5) is 126. The lowest BCUT2D eigenvalue weighted by molar-refractivity contribution is -0.367. The Morgan fingerprint density at radius 3 is 1.66 bits per heavy atom. The second-order valence-corrected chi connectivity index (χ2v) is 15.9. The largest absolute Gasteiger partial charge is 0.463 e. The highest BCUT2D eigenvalue weighted by atomic mass is 33.1. The number of thiol groups is 1. The maximum Gasteiger partial charge on any atom is 0.303 e. The number of rotatable bonds is 16. The minimum atomic E-state index is -3.26. The molecule has 3 aliphatic heterocycles. The van der Waals surface area contributed by atoms with Gasteiger partial charge in [-0.15, -0.1) is 11.7 Å². The molecule has 367 valence electrons. The molecule has 0 saturated carbocycles. The van der Waals surface area contributed by atoms with Gasteiger partial charge in [0.05, 0.1) is 13.2 Å². The van der Waals surface area contributed by atoms with Gasteiger partial charge in [-0.25, -0.2) is 0 Å². The summed E-state index contributed by atoms with van der Waals surface area (Å²) in [7, 11) is 0.122. The molecule has 0 aromatic rings. The molecule has 3 rings (SSSR count). The van der Waals surface area contributed by atoms with Gasteiger partial charge in [0, 0.05) is 48.5 Å². The van der Waals surface area contributed by atoms with Crippen LogP contribution in [0.2, 0.25) is 0 Å². The van der Waals surface area contributed by atoms with E-state index in [9.17, 15) is 47.9 Å². The summed E-state index contributed by atoms with van der Waals surface area (Å²) < 4.78 is 61.2. The van der Waals surface area contributed by atoms with E-state index >= 15 is 0 Å². The van der Waals surface area contributed by atoms with Gasteiger partial charge < -0.3 is 72.5 Å². The van der Waals surface area contributed by atoms with Crippen molar-refractivity contribution in [3.8, 4) is 0 Å². The first-order valence-electron chi connectivity index (χ1n) is 19.2. The predicted octanol–water partition coefficient (Wildman–Crippen LogP) is -2.32. The van der Waals surface area contributed by atoms with Gasteiger partial charge in [-0.05, 0) is 20.8 Å². The van der Waals surface area contributed by atoms with Gasteiger partial charge in [0.25, 0.3) is 5.60 Å². The molecule has 0 aromatic heterocycles. The van der Waals surface area contributed by atoms with Crippen molar-refractivity contribution in [3.05, 3.63) is 6.61 Å². The Labute approximate surface area is 380 Å². The number of hydrogen-bond acceptors (Lipinski definition) is 27. The molecule has 27 heteroatoms. The van der Waals surface area contributed by atoms with E-state index in [4.69, 9.17) is 67.8 Å². The van der Waals surface area contributed by atoms with Gasteiger partial charge in [0.2, 0.25) is 16.8 Å². The van der Waals surface area contributed by atoms with Gasteiger partial charge in [0.1, 0.15) is 49.8 Å². The molecule has 0 bridgehead atoms. The number of aliphatic hydroxyl groups is 4. The number of ether oxygens (including phenoxy) is 11. The molecule has 0 amide bonds. The van der Waals surface area contributed by atoms with Crippen LogP contribution in [0.15, 0.2) is 0 Å². The van der Waals surface area contributed by atoms with Crippen molar-refractivity contribution >= 4 is 81.6 Å². The number of ketones is 3. The van der Waals surface area contributed by atoms with Crippen molar-refractivity contribution in [1.29, 1.82) is 0 Å². The van der Waals surface area contributed by atoms with Crippen molar-refractivity contribution in [2.24, 2.45) is 0 Å². The summed E-state index contributed by atoms with van der Waals surface area (Å²) in [6, 6.07) is 0. The molecule has 3 saturated heterocycles. The second kappa shape index (κ2) is 23.9. The van der Waals surface area contributed by atoms with Crippen LogP contribution in [0.4, 0.5) is 0 Å². The Hall–Kier alpha value is -4.32. The molecule has 1 unspecified atom stereocenters. The van der Waals surface area contributed by atoms with E-state index in [1.165, 1.54) is 0 Å². The van der Waals surface area contributed by atoms with E-state index in [2.05, 4.69) is 16.4 Å². The van der Waals surface area contributed by atoms with Crippen molar-refractivity contribution in [1.82, 2.24) is 0 Å². The zero-order valence-corrected chi connectivity index (χ0v) is 38.5. The van der Waals surface area contributed by atoms with Crippen LogP contribution in [0.1, 0.15) is 69.2 Å². The third kappa shape index (κ3) is 13.0. The maximum absolute atomic E-state index is 14.3. The minimum absolute atomic E-state index is 0.122. The summed E-state index contributed by atoms with van der Waals surface area (Å²) in [5.41, 5.74) is -6.22. The fourth-order valence-corrected chi connectivity index (χ4v) is 8.86. The molecule has 3 fully saturated rings. The lowest BCUT2D eigenvalue weighted by atomic mass is 9.68. The Morgan fingerprint density at radius 1 is 0.692 bits per heavy atom. The average Bonchev–Trinajstić information content (AvgIpc) is 3.18. The quantitative estimate of drug-likeness (QED) is 0.0356. The van der Waals surface area contributed by atoms with Crippen LogP contribution in [0.25, 0.3) is 0 Å². The summed E-state index contributed by atoms with van der Waals surface area (Å²) in [6.07, 6.45) is -18.3. The van der Waals surface area contributed by atoms with Gasteiger partial charge in [-0.3, -0.25) is 47.9 Å². The topological polar surface area (TPSA) is 353 Å². The van der Waals surface area contributed by atoms with Gasteiger partial charge in [0.15, 0.2) is 41.8 Å². The van der Waals surface area contributed by atoms with Crippen LogP contribution >= 0.6 is 22.5 Å². The molecule has 3 aliphatic rings. The van der Waals surface area contributed by atoms with E-state index in [1.807, 2.05) is 0 Å². The molecule has 4 N–H and O–H groups in total. The standard InChI is InChI=1S/C32H42O20S2.C6H11O5/c1-13(33)24(45-17(5)37)28-32(54-53,31(15(3)35,51-22(10)42)30(12-44-28,14(2)34)50-21(9)41)52-29-27(48-20(8)40)26(47-19(7)39)25(46-18(6)38)23(49-29)11-43-16(4)36;7-1-4-6(10)5(9)3(8)2-11-4/h23-29,53H,11-12H2,1-10H3;2-10H,1H2/t23-,24?,25-,26+,27-,28-,29+,30-,31-,32-;3-,4+,5+,6+/m10/s1. The molecular formula is C38H53O25S2. The third-order valence-electron chi connectivity index (χ3n) is 9.58. The first kappa shape index (κ1) is 56.8. The molecule has 0 spiro atoms. The minimum Gasteiger partial charge on any atom is -0.463 e. The number of hydrogen-bond donors (Lipinski definition) is 5. The normalized spacial score (nSPS) is 33.5. The molecule has 3 heterocycles. The van der Waals surface area contributed by atoms with E-state index in [-0.39, 0.29) is 17.4 Å². The maximum atomic E-state index is 14.3. The van der Waals surface area contributed by atoms with E-state index < -0.39 is 156 Å². The SMILES string of the molecule is CC(=O)OC[C@H]1O[C@@H](O[C@@]2(SS)[C@@H](C(OC(C)=O)C(C)=O)OC[C@@](OC(C)=O)(C(C)=O)[C@]2(OC(C)=O)C(C)=O)[C@H](OC(C)=O)[C@@H](OC(C)=O)[C@@H]1OC(C)=O.OC[C@H]1O[CH][C@H](O)[C@@H](O)[C@@H]1O. The fourth-order valence-electron chi connectivity index (χ4n) is 7.12. The monoisotopic (exact) mass is 973 g/mol. The van der Waals surface area contributed by atoms with Crippen molar-refractivity contribution in [3.63, 3.8) is 0 Å². The number of Topliss-reactive ketones (excluding diaryl/α,β-unsaturated/α-hetero) is 3. The van der Waals surface area contributed by atoms with Gasteiger partial charge >= 0.3 is 41.8 Å². The van der Waals surface area contributed by atoms with E-state index in [1.54, 1.807) is 0 Å². The summed E-state index contributed by atoms with van der Waals surface area (Å²) in [5.74, 6) is -11.0. The number of carbonyl (C=O) groups is 10. The lowest BCUT2D eigenvalue weighted by Gasteiger charge is -2.60. The first-order valence-corrected chi connectivity index (χ1v) is 21.1. The zero-order valence-electron chi connectivity index (χ0n) is 36.8. The highest BCUT2D eigenvalue weighted by Crippen LogP contribution is 2.58. The van der Waals surface area contributed by atoms with Crippen LogP contribution in [0.5, 0.6) is 0 Å². The molecule has 0 aliphatic carbocycles. The number of carbonyl (C=O) groups excluding carboxylic acids is 10. The van der Waals surface area contributed by atoms with Crippen LogP contribution in [0, 0.1) is 6.61 Å². The second-order valence-electron chi connectivity index (χ2n) is 14.6. The average molecular weight is 974 g/mol. The van der Waals surface area contributed by atoms with Crippen LogP contribution in [-0.4, -0.2) is 183 Å². The molecule has 65 heavy (non-hydrogen) atoms. The van der Waals surface area contributed by atoms with Crippen LogP contribution in [-0.2, 0) is 100 Å². The smallest absolute Gasteiger partial charge is 0.303 e. The fraction of sp³-hybridized carbons (Fsp3) is 0.711. The first-order chi connectivity index (χ1) is 30.1. The summed E-state index contributed by atoms with van der Waals surface area (Å²) in [6.45, 7) is 7.75. The molecule has 25 nitrogen and oxygen atoms in total. The Kier molecular flexibility index (Phi) is 20.9. The van der Waals surface area contributed by atoms with E-state index in [0.717, 1.165) is 75.8 Å². The number of esters is 7. The van der Waals surface area contributed by atoms with Gasteiger partial charge in [-0.2, -0.15) is 0 Å². The van der Waals surface area contributed by atoms with Crippen molar-refractivity contribution in [2.75, 3.05) is 19.8 Å². The highest BCUT2D eigenvalue weighted by Gasteiger charge is 2.82. The number of aliphatic hydroxyl groups excluding tert-OH is 4. The van der Waals surface area contributed by atoms with Crippen LogP contribution in [0.3, 0.4) is 0 Å². The Balaban J connectivity index is 0.00000114. The van der Waals surface area contributed by atoms with Crippen molar-refractivity contribution in [2.45, 2.75) is 153 Å². The highest BCUT2D eigenvalue weighted by molar-refractivity contribution is 8.69. The third-order valence-corrected chi connectivity index (χ3v) is 11.3. The van der Waals surface area contributed by atoms with Gasteiger partial charge in [-0.1, -0.05) is 10.8 Å². The predicted molar refractivity (Wildman–Crippen MR) is 213 cm³/mol. The van der Waals surface area contributed by atoms with Crippen molar-refractivity contribution < 1.29 is 120 Å². The Bertz CT molecular complexity index is 1810. The molecule has 14 atom stereocenters. The lowest BCUT2D eigenvalue weighted by Crippen LogP contribution is -2.85. The van der Waals surface area contributed by atoms with Crippen LogP contribution < -0.4 is 0 Å². The zero-order chi connectivity index (χ0) is 49.9. The summed E-state index contributed by atoms with van der Waals surface area (Å²) in [5, 5.41) is 35.6. The molecular weight excluding hydrogens is 921 g/mol. The molecule has 1 radical (unpaired) electrons. The van der Waals surface area contributed by atoms with E-state index in [0.29, 0.717) is 0 Å². The summed E-state index contributed by atoms with van der Waals surface area (Å²) >= 11 is 4.34.